The van der Waals surface area contributed by atoms with Crippen LogP contribution in [-0.2, 0) is 7.05 Å². The van der Waals surface area contributed by atoms with Gasteiger partial charge in [0.05, 0.1) is 21.8 Å². The molecule has 2 aromatic heterocycles. The standard InChI is InChI=1S/C22H27N3O2S/c1-4-6-9-14-25(22(27)19-13-10-15-28-19)18(5-2)20-23-17-12-8-7-11-16(17)21(26)24(20)3/h7-8,10-13,15,18H,4-6,9,14H2,1-3H3. The Labute approximate surface area is 169 Å². The first kappa shape index (κ1) is 20.3. The summed E-state index contributed by atoms with van der Waals surface area (Å²) >= 11 is 1.45. The van der Waals surface area contributed by atoms with Crippen LogP contribution < -0.4 is 5.56 Å². The van der Waals surface area contributed by atoms with Crippen molar-refractivity contribution in [3.8, 4) is 0 Å². The zero-order chi connectivity index (χ0) is 20.1. The molecule has 0 saturated carbocycles. The molecular weight excluding hydrogens is 370 g/mol. The minimum Gasteiger partial charge on any atom is -0.328 e. The number of carbonyl (C=O) groups is 1. The maximum atomic E-state index is 13.3. The molecular formula is C22H27N3O2S. The maximum absolute atomic E-state index is 13.3. The van der Waals surface area contributed by atoms with Crippen molar-refractivity contribution >= 4 is 28.1 Å². The Kier molecular flexibility index (Phi) is 6.62. The van der Waals surface area contributed by atoms with Crippen LogP contribution in [0.4, 0.5) is 0 Å². The number of fused-ring (bicyclic) bond motifs is 1. The molecule has 0 N–H and O–H groups in total. The Bertz CT molecular complexity index is 995. The Balaban J connectivity index is 2.06. The van der Waals surface area contributed by atoms with Gasteiger partial charge in [-0.05, 0) is 36.4 Å². The second-order valence-corrected chi connectivity index (χ2v) is 7.91. The van der Waals surface area contributed by atoms with Gasteiger partial charge in [0, 0.05) is 13.6 Å². The topological polar surface area (TPSA) is 55.2 Å². The molecule has 0 aliphatic rings. The lowest BCUT2D eigenvalue weighted by molar-refractivity contribution is 0.0658. The molecule has 3 rings (SSSR count). The second-order valence-electron chi connectivity index (χ2n) is 6.96. The third-order valence-electron chi connectivity index (χ3n) is 5.07. The summed E-state index contributed by atoms with van der Waals surface area (Å²) in [5, 5.41) is 2.52. The lowest BCUT2D eigenvalue weighted by Gasteiger charge is -2.31. The number of benzene rings is 1. The number of unbranched alkanes of at least 4 members (excludes halogenated alkanes) is 2. The van der Waals surface area contributed by atoms with Crippen LogP contribution in [0.1, 0.15) is 61.1 Å². The van der Waals surface area contributed by atoms with Crippen LogP contribution in [0.3, 0.4) is 0 Å². The smallest absolute Gasteiger partial charge is 0.264 e. The quantitative estimate of drug-likeness (QED) is 0.514. The molecule has 0 aliphatic carbocycles. The van der Waals surface area contributed by atoms with Crippen molar-refractivity contribution in [1.29, 1.82) is 0 Å². The van der Waals surface area contributed by atoms with Gasteiger partial charge in [-0.2, -0.15) is 0 Å². The average molecular weight is 398 g/mol. The minimum atomic E-state index is -0.242. The van der Waals surface area contributed by atoms with Crippen molar-refractivity contribution < 1.29 is 4.79 Å². The predicted molar refractivity (Wildman–Crippen MR) is 115 cm³/mol. The number of carbonyl (C=O) groups excluding carboxylic acids is 1. The van der Waals surface area contributed by atoms with Gasteiger partial charge in [-0.3, -0.25) is 14.2 Å². The van der Waals surface area contributed by atoms with Gasteiger partial charge in [0.25, 0.3) is 11.5 Å². The zero-order valence-corrected chi connectivity index (χ0v) is 17.5. The van der Waals surface area contributed by atoms with E-state index >= 15 is 0 Å². The highest BCUT2D eigenvalue weighted by Crippen LogP contribution is 2.27. The van der Waals surface area contributed by atoms with E-state index in [0.717, 1.165) is 24.1 Å². The maximum Gasteiger partial charge on any atom is 0.264 e. The molecule has 0 bridgehead atoms. The minimum absolute atomic E-state index is 0.0142. The van der Waals surface area contributed by atoms with E-state index in [4.69, 9.17) is 4.98 Å². The molecule has 5 nitrogen and oxygen atoms in total. The van der Waals surface area contributed by atoms with Gasteiger partial charge in [-0.15, -0.1) is 11.3 Å². The SMILES string of the molecule is CCCCCN(C(=O)c1cccs1)C(CC)c1nc2ccccc2c(=O)n1C. The van der Waals surface area contributed by atoms with E-state index in [0.29, 0.717) is 29.7 Å². The van der Waals surface area contributed by atoms with Crippen molar-refractivity contribution in [3.05, 3.63) is 62.8 Å². The van der Waals surface area contributed by atoms with Crippen LogP contribution in [-0.4, -0.2) is 26.9 Å². The van der Waals surface area contributed by atoms with Gasteiger partial charge >= 0.3 is 0 Å². The molecule has 1 unspecified atom stereocenters. The van der Waals surface area contributed by atoms with Crippen molar-refractivity contribution in [2.75, 3.05) is 6.54 Å². The van der Waals surface area contributed by atoms with E-state index in [1.54, 1.807) is 17.7 Å². The number of nitrogens with zero attached hydrogens (tertiary/aromatic N) is 3. The summed E-state index contributed by atoms with van der Waals surface area (Å²) < 4.78 is 1.60. The number of para-hydroxylation sites is 1. The molecule has 1 atom stereocenters. The molecule has 0 radical (unpaired) electrons. The Morgan fingerprint density at radius 2 is 1.96 bits per heavy atom. The summed E-state index contributed by atoms with van der Waals surface area (Å²) in [5.41, 5.74) is 0.604. The lowest BCUT2D eigenvalue weighted by atomic mass is 10.1. The van der Waals surface area contributed by atoms with E-state index in [1.165, 1.54) is 11.3 Å². The summed E-state index contributed by atoms with van der Waals surface area (Å²) in [4.78, 5) is 33.5. The van der Waals surface area contributed by atoms with Crippen LogP contribution in [0.2, 0.25) is 0 Å². The normalized spacial score (nSPS) is 12.2. The molecule has 0 saturated heterocycles. The molecule has 0 spiro atoms. The fourth-order valence-electron chi connectivity index (χ4n) is 3.55. The number of hydrogen-bond donors (Lipinski definition) is 0. The first-order chi connectivity index (χ1) is 13.6. The summed E-state index contributed by atoms with van der Waals surface area (Å²) in [6, 6.07) is 10.9. The van der Waals surface area contributed by atoms with E-state index in [2.05, 4.69) is 6.92 Å². The molecule has 0 fully saturated rings. The van der Waals surface area contributed by atoms with Crippen LogP contribution in [0.15, 0.2) is 46.6 Å². The zero-order valence-electron chi connectivity index (χ0n) is 16.7. The van der Waals surface area contributed by atoms with E-state index in [1.807, 2.05) is 47.5 Å². The molecule has 1 aromatic carbocycles. The number of rotatable bonds is 8. The molecule has 148 valence electrons. The van der Waals surface area contributed by atoms with Crippen molar-refractivity contribution in [2.24, 2.45) is 7.05 Å². The number of thiophene rings is 1. The van der Waals surface area contributed by atoms with Gasteiger partial charge in [-0.25, -0.2) is 4.98 Å². The van der Waals surface area contributed by atoms with Crippen molar-refractivity contribution in [1.82, 2.24) is 14.5 Å². The molecule has 6 heteroatoms. The van der Waals surface area contributed by atoms with Crippen LogP contribution >= 0.6 is 11.3 Å². The Morgan fingerprint density at radius 1 is 1.18 bits per heavy atom. The first-order valence-electron chi connectivity index (χ1n) is 9.88. The second kappa shape index (κ2) is 9.15. The van der Waals surface area contributed by atoms with Gasteiger partial charge in [0.2, 0.25) is 0 Å². The number of hydrogen-bond acceptors (Lipinski definition) is 4. The monoisotopic (exact) mass is 397 g/mol. The molecule has 28 heavy (non-hydrogen) atoms. The molecule has 3 aromatic rings. The number of aromatic nitrogens is 2. The van der Waals surface area contributed by atoms with Crippen LogP contribution in [0, 0.1) is 0 Å². The van der Waals surface area contributed by atoms with Gasteiger partial charge < -0.3 is 4.90 Å². The average Bonchev–Trinajstić information content (AvgIpc) is 3.25. The fourth-order valence-corrected chi connectivity index (χ4v) is 4.23. The Hall–Kier alpha value is -2.47. The molecule has 1 amide bonds. The van der Waals surface area contributed by atoms with Gasteiger partial charge in [0.15, 0.2) is 0 Å². The van der Waals surface area contributed by atoms with E-state index < -0.39 is 0 Å². The van der Waals surface area contributed by atoms with Crippen molar-refractivity contribution in [2.45, 2.75) is 45.6 Å². The van der Waals surface area contributed by atoms with Crippen LogP contribution in [0.5, 0.6) is 0 Å². The highest BCUT2D eigenvalue weighted by Gasteiger charge is 2.28. The largest absolute Gasteiger partial charge is 0.328 e. The summed E-state index contributed by atoms with van der Waals surface area (Å²) in [7, 11) is 1.75. The van der Waals surface area contributed by atoms with Crippen molar-refractivity contribution in [3.63, 3.8) is 0 Å². The van der Waals surface area contributed by atoms with Gasteiger partial charge in [-0.1, -0.05) is 44.9 Å². The Morgan fingerprint density at radius 3 is 2.64 bits per heavy atom. The lowest BCUT2D eigenvalue weighted by Crippen LogP contribution is -2.38. The van der Waals surface area contributed by atoms with E-state index in [-0.39, 0.29) is 17.5 Å². The summed E-state index contributed by atoms with van der Waals surface area (Å²) in [6.45, 7) is 4.85. The summed E-state index contributed by atoms with van der Waals surface area (Å²) in [5.74, 6) is 0.660. The van der Waals surface area contributed by atoms with Gasteiger partial charge in [0.1, 0.15) is 5.82 Å². The molecule has 0 aliphatic heterocycles. The predicted octanol–water partition coefficient (Wildman–Crippen LogP) is 4.78. The third-order valence-corrected chi connectivity index (χ3v) is 5.93. The fraction of sp³-hybridized carbons (Fsp3) is 0.409. The number of amides is 1. The highest BCUT2D eigenvalue weighted by atomic mass is 32.1. The van der Waals surface area contributed by atoms with E-state index in [9.17, 15) is 9.59 Å². The highest BCUT2D eigenvalue weighted by molar-refractivity contribution is 7.12. The third kappa shape index (κ3) is 4.02. The molecule has 2 heterocycles. The van der Waals surface area contributed by atoms with Crippen LogP contribution in [0.25, 0.3) is 10.9 Å². The first-order valence-corrected chi connectivity index (χ1v) is 10.8. The summed E-state index contributed by atoms with van der Waals surface area (Å²) in [6.07, 6.45) is 3.78.